The molecule has 1 aliphatic rings. The molecule has 78 valence electrons. The molecule has 0 spiro atoms. The second kappa shape index (κ2) is 3.94. The van der Waals surface area contributed by atoms with Gasteiger partial charge in [-0.3, -0.25) is 0 Å². The first-order valence-electron chi connectivity index (χ1n) is 4.76. The molecule has 0 saturated heterocycles. The fraction of sp³-hybridized carbons (Fsp3) is 0.300. The summed E-state index contributed by atoms with van der Waals surface area (Å²) in [5.74, 6) is -0.395. The zero-order valence-electron chi connectivity index (χ0n) is 8.40. The lowest BCUT2D eigenvalue weighted by molar-refractivity contribution is -0.139. The van der Waals surface area contributed by atoms with Crippen LogP contribution >= 0.6 is 0 Å². The van der Waals surface area contributed by atoms with Crippen LogP contribution in [0, 0.1) is 0 Å². The minimum Gasteiger partial charge on any atom is -0.482 e. The first kappa shape index (κ1) is 10.0. The number of carbonyl (C=O) groups is 1. The van der Waals surface area contributed by atoms with Crippen molar-refractivity contribution < 1.29 is 19.3 Å². The minimum atomic E-state index is -0.972. The highest BCUT2D eigenvalue weighted by Gasteiger charge is 2.23. The first-order chi connectivity index (χ1) is 7.16. The van der Waals surface area contributed by atoms with Crippen LogP contribution < -0.4 is 10.2 Å². The third-order valence-corrected chi connectivity index (χ3v) is 2.41. The number of hydrogen-bond acceptors (Lipinski definition) is 3. The third-order valence-electron chi connectivity index (χ3n) is 2.41. The number of carboxylic acid groups (broad SMARTS) is 1. The lowest BCUT2D eigenvalue weighted by Gasteiger charge is -2.05. The summed E-state index contributed by atoms with van der Waals surface area (Å²) in [5.41, 5.74) is 2.23. The van der Waals surface area contributed by atoms with Crippen LogP contribution in [0.15, 0.2) is 18.2 Å². The molecule has 4 nitrogen and oxygen atoms in total. The van der Waals surface area contributed by atoms with Gasteiger partial charge in [0, 0.05) is 0 Å². The maximum Gasteiger partial charge on any atom is 0.341 e. The minimum absolute atomic E-state index is 0.0633. The normalized spacial score (nSPS) is 13.8. The van der Waals surface area contributed by atoms with Gasteiger partial charge in [-0.15, -0.1) is 0 Å². The standard InChI is InChI=1S/C10H11BO4/c1-11-9-4-8(14-6-10(12)13)3-2-7(9)5-15-11/h2-4H,5-6H2,1H3,(H,12,13). The van der Waals surface area contributed by atoms with E-state index in [0.717, 1.165) is 11.0 Å². The van der Waals surface area contributed by atoms with Crippen LogP contribution in [0.2, 0.25) is 6.82 Å². The van der Waals surface area contributed by atoms with Gasteiger partial charge in [0.05, 0.1) is 6.61 Å². The largest absolute Gasteiger partial charge is 0.482 e. The summed E-state index contributed by atoms with van der Waals surface area (Å²) in [6, 6.07) is 5.52. The SMILES string of the molecule is CB1OCc2ccc(OCC(=O)O)cc21. The van der Waals surface area contributed by atoms with E-state index in [1.807, 2.05) is 19.0 Å². The number of fused-ring (bicyclic) bond motifs is 1. The number of ether oxygens (including phenoxy) is 1. The van der Waals surface area contributed by atoms with Crippen molar-refractivity contribution >= 4 is 18.3 Å². The number of benzene rings is 1. The van der Waals surface area contributed by atoms with Gasteiger partial charge in [-0.25, -0.2) is 4.79 Å². The van der Waals surface area contributed by atoms with E-state index in [-0.39, 0.29) is 13.5 Å². The average molecular weight is 206 g/mol. The van der Waals surface area contributed by atoms with Crippen LogP contribution in [0.1, 0.15) is 5.56 Å². The van der Waals surface area contributed by atoms with Crippen molar-refractivity contribution in [3.63, 3.8) is 0 Å². The molecule has 0 amide bonds. The van der Waals surface area contributed by atoms with Crippen molar-refractivity contribution in [2.24, 2.45) is 0 Å². The molecule has 5 heteroatoms. The van der Waals surface area contributed by atoms with E-state index in [0.29, 0.717) is 12.4 Å². The zero-order chi connectivity index (χ0) is 10.8. The summed E-state index contributed by atoms with van der Waals surface area (Å²) in [4.78, 5) is 10.3. The Kier molecular flexibility index (Phi) is 2.64. The molecule has 1 aromatic carbocycles. The maximum atomic E-state index is 10.3. The molecule has 0 unspecified atom stereocenters. The van der Waals surface area contributed by atoms with E-state index >= 15 is 0 Å². The highest BCUT2D eigenvalue weighted by Crippen LogP contribution is 2.16. The molecule has 0 aromatic heterocycles. The molecule has 0 bridgehead atoms. The van der Waals surface area contributed by atoms with Gasteiger partial charge < -0.3 is 14.5 Å². The Hall–Kier alpha value is -1.49. The van der Waals surface area contributed by atoms with Crippen LogP contribution in [0.5, 0.6) is 5.75 Å². The summed E-state index contributed by atoms with van der Waals surface area (Å²) < 4.78 is 10.5. The molecule has 1 N–H and O–H groups in total. The third kappa shape index (κ3) is 2.13. The average Bonchev–Trinajstić information content (AvgIpc) is 2.57. The molecule has 1 aromatic rings. The Morgan fingerprint density at radius 1 is 1.67 bits per heavy atom. The molecule has 0 saturated carbocycles. The molecule has 0 atom stereocenters. The van der Waals surface area contributed by atoms with Crippen LogP contribution in [0.25, 0.3) is 0 Å². The molecule has 1 heterocycles. The number of rotatable bonds is 3. The Morgan fingerprint density at radius 3 is 3.20 bits per heavy atom. The van der Waals surface area contributed by atoms with E-state index in [1.54, 1.807) is 6.07 Å². The van der Waals surface area contributed by atoms with Gasteiger partial charge in [0.2, 0.25) is 0 Å². The second-order valence-electron chi connectivity index (χ2n) is 3.50. The smallest absolute Gasteiger partial charge is 0.341 e. The summed E-state index contributed by atoms with van der Waals surface area (Å²) in [6.45, 7) is 2.34. The van der Waals surface area contributed by atoms with Gasteiger partial charge in [0.15, 0.2) is 6.61 Å². The van der Waals surface area contributed by atoms with Gasteiger partial charge in [-0.1, -0.05) is 12.9 Å². The molecule has 2 rings (SSSR count). The summed E-state index contributed by atoms with van der Waals surface area (Å²) in [6.07, 6.45) is 0. The fourth-order valence-electron chi connectivity index (χ4n) is 1.62. The predicted molar refractivity (Wildman–Crippen MR) is 55.6 cm³/mol. The summed E-state index contributed by atoms with van der Waals surface area (Å²) in [5, 5.41) is 8.47. The number of aliphatic carboxylic acids is 1. The van der Waals surface area contributed by atoms with Crippen LogP contribution in [0.3, 0.4) is 0 Å². The molecule has 1 aliphatic heterocycles. The van der Waals surface area contributed by atoms with E-state index < -0.39 is 5.97 Å². The van der Waals surface area contributed by atoms with Crippen molar-refractivity contribution in [1.29, 1.82) is 0 Å². The van der Waals surface area contributed by atoms with E-state index in [1.165, 1.54) is 0 Å². The Labute approximate surface area is 87.9 Å². The summed E-state index contributed by atoms with van der Waals surface area (Å²) in [7, 11) is 0. The Morgan fingerprint density at radius 2 is 2.47 bits per heavy atom. The van der Waals surface area contributed by atoms with Crippen molar-refractivity contribution in [3.8, 4) is 5.75 Å². The van der Waals surface area contributed by atoms with Gasteiger partial charge in [0.1, 0.15) is 5.75 Å². The van der Waals surface area contributed by atoms with Gasteiger partial charge in [-0.2, -0.15) is 0 Å². The van der Waals surface area contributed by atoms with E-state index in [4.69, 9.17) is 14.5 Å². The fourth-order valence-corrected chi connectivity index (χ4v) is 1.62. The lowest BCUT2D eigenvalue weighted by atomic mass is 9.64. The molecule has 0 fully saturated rings. The van der Waals surface area contributed by atoms with Gasteiger partial charge in [-0.05, 0) is 23.2 Å². The molecule has 0 radical (unpaired) electrons. The van der Waals surface area contributed by atoms with Crippen molar-refractivity contribution in [2.75, 3.05) is 6.61 Å². The van der Waals surface area contributed by atoms with Crippen molar-refractivity contribution in [1.82, 2.24) is 0 Å². The van der Waals surface area contributed by atoms with Gasteiger partial charge >= 0.3 is 12.9 Å². The number of carboxylic acids is 1. The van der Waals surface area contributed by atoms with Crippen LogP contribution in [-0.2, 0) is 16.1 Å². The Balaban J connectivity index is 2.14. The van der Waals surface area contributed by atoms with Crippen LogP contribution in [-0.4, -0.2) is 24.6 Å². The van der Waals surface area contributed by atoms with Crippen molar-refractivity contribution in [2.45, 2.75) is 13.4 Å². The lowest BCUT2D eigenvalue weighted by Crippen LogP contribution is -2.24. The molecule has 0 aliphatic carbocycles. The predicted octanol–water partition coefficient (Wildman–Crippen LogP) is 0.509. The van der Waals surface area contributed by atoms with E-state index in [2.05, 4.69) is 0 Å². The van der Waals surface area contributed by atoms with Gasteiger partial charge in [0.25, 0.3) is 0 Å². The van der Waals surface area contributed by atoms with Crippen molar-refractivity contribution in [3.05, 3.63) is 23.8 Å². The van der Waals surface area contributed by atoms with Crippen LogP contribution in [0.4, 0.5) is 0 Å². The van der Waals surface area contributed by atoms with E-state index in [9.17, 15) is 4.79 Å². The summed E-state index contributed by atoms with van der Waals surface area (Å²) >= 11 is 0. The topological polar surface area (TPSA) is 55.8 Å². The second-order valence-corrected chi connectivity index (χ2v) is 3.50. The Bertz CT molecular complexity index is 391. The monoisotopic (exact) mass is 206 g/mol. The quantitative estimate of drug-likeness (QED) is 0.732. The number of hydrogen-bond donors (Lipinski definition) is 1. The molecule has 15 heavy (non-hydrogen) atoms. The first-order valence-corrected chi connectivity index (χ1v) is 4.76. The highest BCUT2D eigenvalue weighted by molar-refractivity contribution is 6.67. The molecular formula is C10H11BO4. The zero-order valence-corrected chi connectivity index (χ0v) is 8.40. The highest BCUT2D eigenvalue weighted by atomic mass is 16.5. The molecular weight excluding hydrogens is 195 g/mol. The maximum absolute atomic E-state index is 10.3.